The molecule has 0 heterocycles. The SMILES string of the molecule is CCNC(=O)[C@H](C)OC(=O)Nc1ccccc1. The third-order valence-electron chi connectivity index (χ3n) is 2.02. The molecule has 92 valence electrons. The molecule has 1 aromatic rings. The van der Waals surface area contributed by atoms with E-state index in [0.29, 0.717) is 12.2 Å². The van der Waals surface area contributed by atoms with Crippen LogP contribution in [0.3, 0.4) is 0 Å². The Bertz CT molecular complexity index is 379. The second-order valence-corrected chi connectivity index (χ2v) is 3.43. The number of rotatable bonds is 4. The second-order valence-electron chi connectivity index (χ2n) is 3.43. The number of ether oxygens (including phenoxy) is 1. The summed E-state index contributed by atoms with van der Waals surface area (Å²) in [6, 6.07) is 8.90. The van der Waals surface area contributed by atoms with Crippen molar-refractivity contribution >= 4 is 17.7 Å². The Balaban J connectivity index is 2.42. The number of carbonyl (C=O) groups is 2. The van der Waals surface area contributed by atoms with Gasteiger partial charge in [-0.3, -0.25) is 10.1 Å². The average Bonchev–Trinajstić information content (AvgIpc) is 2.30. The van der Waals surface area contributed by atoms with Crippen LogP contribution in [-0.2, 0) is 9.53 Å². The predicted octanol–water partition coefficient (Wildman–Crippen LogP) is 1.76. The molecule has 5 heteroatoms. The van der Waals surface area contributed by atoms with Gasteiger partial charge < -0.3 is 10.1 Å². The molecule has 0 radical (unpaired) electrons. The molecule has 0 saturated heterocycles. The van der Waals surface area contributed by atoms with Gasteiger partial charge in [0.05, 0.1) is 0 Å². The molecule has 1 aromatic carbocycles. The Kier molecular flexibility index (Phi) is 5.00. The Morgan fingerprint density at radius 3 is 2.53 bits per heavy atom. The van der Waals surface area contributed by atoms with E-state index in [1.165, 1.54) is 6.92 Å². The summed E-state index contributed by atoms with van der Waals surface area (Å²) in [5.41, 5.74) is 0.626. The Labute approximate surface area is 100 Å². The van der Waals surface area contributed by atoms with Crippen LogP contribution in [0, 0.1) is 0 Å². The van der Waals surface area contributed by atoms with Crippen LogP contribution in [0.4, 0.5) is 10.5 Å². The van der Waals surface area contributed by atoms with Crippen LogP contribution < -0.4 is 10.6 Å². The van der Waals surface area contributed by atoms with Crippen molar-refractivity contribution in [1.29, 1.82) is 0 Å². The zero-order valence-corrected chi connectivity index (χ0v) is 9.90. The quantitative estimate of drug-likeness (QED) is 0.837. The van der Waals surface area contributed by atoms with E-state index in [2.05, 4.69) is 10.6 Å². The third-order valence-corrected chi connectivity index (χ3v) is 2.02. The lowest BCUT2D eigenvalue weighted by molar-refractivity contribution is -0.128. The van der Waals surface area contributed by atoms with Crippen LogP contribution in [0.1, 0.15) is 13.8 Å². The summed E-state index contributed by atoms with van der Waals surface area (Å²) >= 11 is 0. The molecule has 17 heavy (non-hydrogen) atoms. The van der Waals surface area contributed by atoms with Gasteiger partial charge in [-0.2, -0.15) is 0 Å². The lowest BCUT2D eigenvalue weighted by atomic mass is 10.3. The highest BCUT2D eigenvalue weighted by Crippen LogP contribution is 2.06. The van der Waals surface area contributed by atoms with Crippen molar-refractivity contribution in [3.05, 3.63) is 30.3 Å². The van der Waals surface area contributed by atoms with Crippen molar-refractivity contribution in [1.82, 2.24) is 5.32 Å². The summed E-state index contributed by atoms with van der Waals surface area (Å²) in [6.45, 7) is 3.83. The largest absolute Gasteiger partial charge is 0.436 e. The standard InChI is InChI=1S/C12H16N2O3/c1-3-13-11(15)9(2)17-12(16)14-10-7-5-4-6-8-10/h4-9H,3H2,1-2H3,(H,13,15)(H,14,16)/t9-/m0/s1. The van der Waals surface area contributed by atoms with Crippen molar-refractivity contribution in [2.45, 2.75) is 20.0 Å². The van der Waals surface area contributed by atoms with E-state index in [-0.39, 0.29) is 5.91 Å². The maximum atomic E-state index is 11.4. The summed E-state index contributed by atoms with van der Waals surface area (Å²) in [4.78, 5) is 22.7. The van der Waals surface area contributed by atoms with Crippen molar-refractivity contribution in [2.24, 2.45) is 0 Å². The van der Waals surface area contributed by atoms with Gasteiger partial charge in [-0.1, -0.05) is 18.2 Å². The normalized spacial score (nSPS) is 11.4. The number of nitrogens with one attached hydrogen (secondary N) is 2. The highest BCUT2D eigenvalue weighted by molar-refractivity contribution is 5.88. The van der Waals surface area contributed by atoms with Crippen LogP contribution in [0.25, 0.3) is 0 Å². The van der Waals surface area contributed by atoms with E-state index in [0.717, 1.165) is 0 Å². The Morgan fingerprint density at radius 1 is 1.29 bits per heavy atom. The summed E-state index contributed by atoms with van der Waals surface area (Å²) in [7, 11) is 0. The molecule has 2 N–H and O–H groups in total. The summed E-state index contributed by atoms with van der Waals surface area (Å²) in [5.74, 6) is -0.310. The second kappa shape index (κ2) is 6.52. The van der Waals surface area contributed by atoms with Gasteiger partial charge in [0.15, 0.2) is 6.10 Å². The fraction of sp³-hybridized carbons (Fsp3) is 0.333. The molecule has 1 atom stereocenters. The molecular formula is C12H16N2O3. The Morgan fingerprint density at radius 2 is 1.94 bits per heavy atom. The molecule has 0 fully saturated rings. The van der Waals surface area contributed by atoms with E-state index in [1.54, 1.807) is 31.2 Å². The predicted molar refractivity (Wildman–Crippen MR) is 64.7 cm³/mol. The molecule has 0 aromatic heterocycles. The molecule has 0 aliphatic heterocycles. The van der Waals surface area contributed by atoms with Gasteiger partial charge in [0, 0.05) is 12.2 Å². The van der Waals surface area contributed by atoms with Crippen LogP contribution >= 0.6 is 0 Å². The number of benzene rings is 1. The molecule has 0 unspecified atom stereocenters. The Hall–Kier alpha value is -2.04. The molecule has 2 amide bonds. The zero-order valence-electron chi connectivity index (χ0n) is 9.90. The highest BCUT2D eigenvalue weighted by atomic mass is 16.6. The molecule has 0 aliphatic carbocycles. The zero-order chi connectivity index (χ0) is 12.7. The minimum atomic E-state index is -0.807. The summed E-state index contributed by atoms with van der Waals surface area (Å²) in [6.07, 6.45) is -1.45. The van der Waals surface area contributed by atoms with Crippen LogP contribution in [0.5, 0.6) is 0 Å². The average molecular weight is 236 g/mol. The van der Waals surface area contributed by atoms with Crippen molar-refractivity contribution < 1.29 is 14.3 Å². The minimum Gasteiger partial charge on any atom is -0.436 e. The monoisotopic (exact) mass is 236 g/mol. The lowest BCUT2D eigenvalue weighted by Crippen LogP contribution is -2.36. The first-order chi connectivity index (χ1) is 8.13. The number of hydrogen-bond acceptors (Lipinski definition) is 3. The van der Waals surface area contributed by atoms with Gasteiger partial charge in [-0.05, 0) is 26.0 Å². The number of anilines is 1. The van der Waals surface area contributed by atoms with Gasteiger partial charge in [0.2, 0.25) is 0 Å². The maximum absolute atomic E-state index is 11.4. The maximum Gasteiger partial charge on any atom is 0.412 e. The van der Waals surface area contributed by atoms with Gasteiger partial charge in [0.25, 0.3) is 5.91 Å². The number of amides is 2. The minimum absolute atomic E-state index is 0.310. The number of hydrogen-bond donors (Lipinski definition) is 2. The number of para-hydroxylation sites is 1. The van der Waals surface area contributed by atoms with Gasteiger partial charge in [0.1, 0.15) is 0 Å². The molecular weight excluding hydrogens is 220 g/mol. The molecule has 1 rings (SSSR count). The first kappa shape index (κ1) is 13.0. The van der Waals surface area contributed by atoms with Crippen LogP contribution in [-0.4, -0.2) is 24.6 Å². The van der Waals surface area contributed by atoms with E-state index in [1.807, 2.05) is 6.07 Å². The van der Waals surface area contributed by atoms with Crippen molar-refractivity contribution in [2.75, 3.05) is 11.9 Å². The van der Waals surface area contributed by atoms with Gasteiger partial charge >= 0.3 is 6.09 Å². The van der Waals surface area contributed by atoms with Gasteiger partial charge in [-0.25, -0.2) is 4.79 Å². The first-order valence-electron chi connectivity index (χ1n) is 5.44. The van der Waals surface area contributed by atoms with Crippen LogP contribution in [0.2, 0.25) is 0 Å². The molecule has 0 saturated carbocycles. The fourth-order valence-electron chi connectivity index (χ4n) is 1.20. The van der Waals surface area contributed by atoms with Crippen molar-refractivity contribution in [3.8, 4) is 0 Å². The third kappa shape index (κ3) is 4.55. The number of carbonyl (C=O) groups excluding carboxylic acids is 2. The van der Waals surface area contributed by atoms with E-state index in [4.69, 9.17) is 4.74 Å². The lowest BCUT2D eigenvalue weighted by Gasteiger charge is -2.13. The van der Waals surface area contributed by atoms with Crippen LogP contribution in [0.15, 0.2) is 30.3 Å². The van der Waals surface area contributed by atoms with E-state index < -0.39 is 12.2 Å². The highest BCUT2D eigenvalue weighted by Gasteiger charge is 2.16. The fourth-order valence-corrected chi connectivity index (χ4v) is 1.20. The summed E-state index contributed by atoms with van der Waals surface area (Å²) < 4.78 is 4.91. The molecule has 0 bridgehead atoms. The summed E-state index contributed by atoms with van der Waals surface area (Å²) in [5, 5.41) is 5.10. The van der Waals surface area contributed by atoms with E-state index >= 15 is 0 Å². The van der Waals surface area contributed by atoms with Gasteiger partial charge in [-0.15, -0.1) is 0 Å². The molecule has 0 aliphatic rings. The molecule has 0 spiro atoms. The molecule has 5 nitrogen and oxygen atoms in total. The van der Waals surface area contributed by atoms with E-state index in [9.17, 15) is 9.59 Å². The smallest absolute Gasteiger partial charge is 0.412 e. The topological polar surface area (TPSA) is 67.4 Å². The number of likely N-dealkylation sites (N-methyl/N-ethyl adjacent to an activating group) is 1. The first-order valence-corrected chi connectivity index (χ1v) is 5.44. The van der Waals surface area contributed by atoms with Crippen molar-refractivity contribution in [3.63, 3.8) is 0 Å².